The zero-order chi connectivity index (χ0) is 19.1. The number of amides is 1. The first kappa shape index (κ1) is 18.5. The second kappa shape index (κ2) is 8.89. The van der Waals surface area contributed by atoms with Crippen LogP contribution in [0.5, 0.6) is 0 Å². The molecule has 0 aliphatic heterocycles. The van der Waals surface area contributed by atoms with Gasteiger partial charge in [0.15, 0.2) is 0 Å². The SMILES string of the molecule is O=C(NCc1ccccc1F)c1cncc(NCCc2ccc(F)cc2)c1. The lowest BCUT2D eigenvalue weighted by Gasteiger charge is -2.09. The van der Waals surface area contributed by atoms with Gasteiger partial charge in [0.2, 0.25) is 0 Å². The Balaban J connectivity index is 1.53. The lowest BCUT2D eigenvalue weighted by Crippen LogP contribution is -2.23. The Kier molecular flexibility index (Phi) is 6.10. The predicted octanol–water partition coefficient (Wildman–Crippen LogP) is 3.94. The summed E-state index contributed by atoms with van der Waals surface area (Å²) in [5, 5.41) is 5.88. The molecule has 0 aliphatic carbocycles. The topological polar surface area (TPSA) is 54.0 Å². The molecule has 0 unspecified atom stereocenters. The van der Waals surface area contributed by atoms with Crippen LogP contribution in [-0.2, 0) is 13.0 Å². The molecule has 3 rings (SSSR count). The Bertz CT molecular complexity index is 913. The van der Waals surface area contributed by atoms with Gasteiger partial charge in [0.05, 0.1) is 11.3 Å². The second-order valence-electron chi connectivity index (χ2n) is 6.04. The van der Waals surface area contributed by atoms with Gasteiger partial charge in [0, 0.05) is 31.0 Å². The molecule has 27 heavy (non-hydrogen) atoms. The highest BCUT2D eigenvalue weighted by atomic mass is 19.1. The van der Waals surface area contributed by atoms with Crippen LogP contribution in [-0.4, -0.2) is 17.4 Å². The van der Waals surface area contributed by atoms with Gasteiger partial charge in [-0.2, -0.15) is 0 Å². The van der Waals surface area contributed by atoms with Gasteiger partial charge in [0.25, 0.3) is 5.91 Å². The number of nitrogens with zero attached hydrogens (tertiary/aromatic N) is 1. The molecule has 0 saturated heterocycles. The molecule has 1 aromatic heterocycles. The fraction of sp³-hybridized carbons (Fsp3) is 0.143. The largest absolute Gasteiger partial charge is 0.383 e. The monoisotopic (exact) mass is 367 g/mol. The van der Waals surface area contributed by atoms with Crippen LogP contribution in [0.3, 0.4) is 0 Å². The van der Waals surface area contributed by atoms with E-state index in [1.165, 1.54) is 24.4 Å². The highest BCUT2D eigenvalue weighted by Gasteiger charge is 2.08. The summed E-state index contributed by atoms with van der Waals surface area (Å²) in [6.07, 6.45) is 3.80. The molecule has 0 fully saturated rings. The summed E-state index contributed by atoms with van der Waals surface area (Å²) >= 11 is 0. The first-order chi connectivity index (χ1) is 13.1. The Hall–Kier alpha value is -3.28. The maximum absolute atomic E-state index is 13.6. The Morgan fingerprint density at radius 1 is 1.00 bits per heavy atom. The van der Waals surface area contributed by atoms with Crippen LogP contribution < -0.4 is 10.6 Å². The normalized spacial score (nSPS) is 10.4. The van der Waals surface area contributed by atoms with E-state index in [-0.39, 0.29) is 24.1 Å². The Morgan fingerprint density at radius 2 is 1.78 bits per heavy atom. The number of carbonyl (C=O) groups is 1. The summed E-state index contributed by atoms with van der Waals surface area (Å²) in [6, 6.07) is 14.3. The molecule has 1 amide bonds. The van der Waals surface area contributed by atoms with E-state index in [1.807, 2.05) is 0 Å². The molecule has 0 bridgehead atoms. The molecular formula is C21H19F2N3O. The van der Waals surface area contributed by atoms with E-state index in [9.17, 15) is 13.6 Å². The number of halogens is 2. The molecular weight excluding hydrogens is 348 g/mol. The highest BCUT2D eigenvalue weighted by Crippen LogP contribution is 2.11. The predicted molar refractivity (Wildman–Crippen MR) is 100 cm³/mol. The Labute approximate surface area is 156 Å². The van der Waals surface area contributed by atoms with Crippen LogP contribution in [0.2, 0.25) is 0 Å². The van der Waals surface area contributed by atoms with Gasteiger partial charge >= 0.3 is 0 Å². The van der Waals surface area contributed by atoms with Crippen LogP contribution in [0, 0.1) is 11.6 Å². The minimum atomic E-state index is -0.355. The van der Waals surface area contributed by atoms with E-state index in [1.54, 1.807) is 42.6 Å². The van der Waals surface area contributed by atoms with Crippen molar-refractivity contribution in [2.45, 2.75) is 13.0 Å². The quantitative estimate of drug-likeness (QED) is 0.665. The molecule has 2 N–H and O–H groups in total. The van der Waals surface area contributed by atoms with Crippen molar-refractivity contribution in [1.82, 2.24) is 10.3 Å². The number of carbonyl (C=O) groups excluding carboxylic acids is 1. The van der Waals surface area contributed by atoms with Gasteiger partial charge in [-0.1, -0.05) is 30.3 Å². The van der Waals surface area contributed by atoms with Gasteiger partial charge in [-0.15, -0.1) is 0 Å². The van der Waals surface area contributed by atoms with Gasteiger partial charge in [-0.25, -0.2) is 8.78 Å². The molecule has 6 heteroatoms. The molecule has 0 atom stereocenters. The highest BCUT2D eigenvalue weighted by molar-refractivity contribution is 5.94. The number of hydrogen-bond donors (Lipinski definition) is 2. The molecule has 138 valence electrons. The van der Waals surface area contributed by atoms with Crippen molar-refractivity contribution < 1.29 is 13.6 Å². The van der Waals surface area contributed by atoms with Gasteiger partial charge < -0.3 is 10.6 Å². The number of benzene rings is 2. The van der Waals surface area contributed by atoms with Crippen molar-refractivity contribution >= 4 is 11.6 Å². The maximum atomic E-state index is 13.6. The minimum Gasteiger partial charge on any atom is -0.383 e. The van der Waals surface area contributed by atoms with Crippen molar-refractivity contribution in [2.75, 3.05) is 11.9 Å². The van der Waals surface area contributed by atoms with Crippen LogP contribution in [0.25, 0.3) is 0 Å². The van der Waals surface area contributed by atoms with E-state index in [4.69, 9.17) is 0 Å². The number of rotatable bonds is 7. The lowest BCUT2D eigenvalue weighted by atomic mass is 10.1. The summed E-state index contributed by atoms with van der Waals surface area (Å²) < 4.78 is 26.5. The van der Waals surface area contributed by atoms with E-state index >= 15 is 0 Å². The van der Waals surface area contributed by atoms with Crippen molar-refractivity contribution in [2.24, 2.45) is 0 Å². The van der Waals surface area contributed by atoms with Crippen molar-refractivity contribution in [3.8, 4) is 0 Å². The second-order valence-corrected chi connectivity index (χ2v) is 6.04. The molecule has 0 spiro atoms. The summed E-state index contributed by atoms with van der Waals surface area (Å²) in [6.45, 7) is 0.724. The third kappa shape index (κ3) is 5.34. The number of nitrogens with one attached hydrogen (secondary N) is 2. The smallest absolute Gasteiger partial charge is 0.253 e. The van der Waals surface area contributed by atoms with Gasteiger partial charge in [-0.05, 0) is 36.2 Å². The first-order valence-electron chi connectivity index (χ1n) is 8.57. The van der Waals surface area contributed by atoms with E-state index in [0.29, 0.717) is 29.8 Å². The fourth-order valence-corrected chi connectivity index (χ4v) is 2.58. The minimum absolute atomic E-state index is 0.105. The third-order valence-corrected chi connectivity index (χ3v) is 4.05. The third-order valence-electron chi connectivity index (χ3n) is 4.05. The Morgan fingerprint density at radius 3 is 2.56 bits per heavy atom. The van der Waals surface area contributed by atoms with Crippen LogP contribution in [0.1, 0.15) is 21.5 Å². The average Bonchev–Trinajstić information content (AvgIpc) is 2.69. The summed E-state index contributed by atoms with van der Waals surface area (Å²) in [5.74, 6) is -0.940. The number of aromatic nitrogens is 1. The zero-order valence-corrected chi connectivity index (χ0v) is 14.6. The van der Waals surface area contributed by atoms with E-state index < -0.39 is 0 Å². The van der Waals surface area contributed by atoms with E-state index in [0.717, 1.165) is 5.56 Å². The molecule has 3 aromatic rings. The number of hydrogen-bond acceptors (Lipinski definition) is 3. The van der Waals surface area contributed by atoms with Crippen molar-refractivity contribution in [1.29, 1.82) is 0 Å². The van der Waals surface area contributed by atoms with Crippen LogP contribution in [0.4, 0.5) is 14.5 Å². The molecule has 4 nitrogen and oxygen atoms in total. The fourth-order valence-electron chi connectivity index (χ4n) is 2.58. The lowest BCUT2D eigenvalue weighted by molar-refractivity contribution is 0.0950. The summed E-state index contributed by atoms with van der Waals surface area (Å²) in [5.41, 5.74) is 2.52. The van der Waals surface area contributed by atoms with Gasteiger partial charge in [-0.3, -0.25) is 9.78 Å². The summed E-state index contributed by atoms with van der Waals surface area (Å²) in [4.78, 5) is 16.3. The number of anilines is 1. The zero-order valence-electron chi connectivity index (χ0n) is 14.6. The molecule has 0 saturated carbocycles. The van der Waals surface area contributed by atoms with Crippen molar-refractivity contribution in [3.63, 3.8) is 0 Å². The summed E-state index contributed by atoms with van der Waals surface area (Å²) in [7, 11) is 0. The van der Waals surface area contributed by atoms with Crippen molar-refractivity contribution in [3.05, 3.63) is 95.3 Å². The maximum Gasteiger partial charge on any atom is 0.253 e. The molecule has 0 aliphatic rings. The first-order valence-corrected chi connectivity index (χ1v) is 8.57. The van der Waals surface area contributed by atoms with Crippen LogP contribution in [0.15, 0.2) is 67.0 Å². The molecule has 0 radical (unpaired) electrons. The number of pyridine rings is 1. The average molecular weight is 367 g/mol. The molecule has 1 heterocycles. The molecule has 2 aromatic carbocycles. The standard InChI is InChI=1S/C21H19F2N3O/c22-18-7-5-15(6-8-18)9-10-25-19-11-17(12-24-14-19)21(27)26-13-16-3-1-2-4-20(16)23/h1-8,11-12,14,25H,9-10,13H2,(H,26,27). The van der Waals surface area contributed by atoms with E-state index in [2.05, 4.69) is 15.6 Å². The van der Waals surface area contributed by atoms with Gasteiger partial charge in [0.1, 0.15) is 11.6 Å². The van der Waals surface area contributed by atoms with Crippen LogP contribution >= 0.6 is 0 Å².